The average molecular weight is 575 g/mol. The van der Waals surface area contributed by atoms with Gasteiger partial charge in [-0.1, -0.05) is 133 Å². The van der Waals surface area contributed by atoms with Crippen LogP contribution in [0.3, 0.4) is 0 Å². The van der Waals surface area contributed by atoms with Gasteiger partial charge in [-0.05, 0) is 22.3 Å². The molecule has 1 heterocycles. The molecule has 4 aromatic carbocycles. The smallest absolute Gasteiger partial charge is 0.184 e. The van der Waals surface area contributed by atoms with Crippen LogP contribution in [-0.4, -0.2) is 42.4 Å². The standard InChI is InChI=1S/C34H35ClO6/c35-33(28-19-11-4-12-20-28)40-24-29-30(37-21-25-13-5-1-6-14-25)31(38-22-26-15-7-2-8-16-26)32(34(36)41-29)39-23-27-17-9-3-10-18-27/h1-20,29-34,36H,21-24H2/t29-,30-,31+,32-,33?,34?/m1/s1. The van der Waals surface area contributed by atoms with Crippen molar-refractivity contribution in [3.8, 4) is 0 Å². The Bertz CT molecular complexity index is 1280. The van der Waals surface area contributed by atoms with Gasteiger partial charge in [0, 0.05) is 0 Å². The molecular formula is C34H35ClO6. The van der Waals surface area contributed by atoms with Gasteiger partial charge in [0.15, 0.2) is 11.9 Å². The Labute approximate surface area is 246 Å². The monoisotopic (exact) mass is 574 g/mol. The molecular weight excluding hydrogens is 540 g/mol. The summed E-state index contributed by atoms with van der Waals surface area (Å²) < 4.78 is 31.4. The molecule has 0 aromatic heterocycles. The van der Waals surface area contributed by atoms with Crippen molar-refractivity contribution in [1.29, 1.82) is 0 Å². The predicted molar refractivity (Wildman–Crippen MR) is 157 cm³/mol. The maximum Gasteiger partial charge on any atom is 0.184 e. The Morgan fingerprint density at radius 3 is 1.49 bits per heavy atom. The minimum Gasteiger partial charge on any atom is -0.368 e. The fourth-order valence-corrected chi connectivity index (χ4v) is 5.00. The third-order valence-electron chi connectivity index (χ3n) is 6.93. The number of rotatable bonds is 13. The molecule has 0 bridgehead atoms. The van der Waals surface area contributed by atoms with Crippen LogP contribution >= 0.6 is 11.6 Å². The maximum absolute atomic E-state index is 11.2. The van der Waals surface area contributed by atoms with Crippen molar-refractivity contribution in [3.63, 3.8) is 0 Å². The zero-order valence-electron chi connectivity index (χ0n) is 22.7. The molecule has 1 fully saturated rings. The number of alkyl halides is 1. The van der Waals surface area contributed by atoms with Gasteiger partial charge in [0.05, 0.1) is 26.4 Å². The molecule has 1 N–H and O–H groups in total. The van der Waals surface area contributed by atoms with Crippen molar-refractivity contribution in [2.24, 2.45) is 0 Å². The largest absolute Gasteiger partial charge is 0.368 e. The molecule has 1 aliphatic heterocycles. The molecule has 1 saturated heterocycles. The molecule has 1 aliphatic rings. The molecule has 0 radical (unpaired) electrons. The molecule has 41 heavy (non-hydrogen) atoms. The van der Waals surface area contributed by atoms with Crippen LogP contribution < -0.4 is 0 Å². The fraction of sp³-hybridized carbons (Fsp3) is 0.294. The van der Waals surface area contributed by atoms with Crippen molar-refractivity contribution in [3.05, 3.63) is 144 Å². The highest BCUT2D eigenvalue weighted by atomic mass is 35.5. The number of halogens is 1. The van der Waals surface area contributed by atoms with E-state index in [4.69, 9.17) is 35.3 Å². The lowest BCUT2D eigenvalue weighted by Gasteiger charge is -2.44. The Kier molecular flexibility index (Phi) is 10.9. The van der Waals surface area contributed by atoms with Crippen LogP contribution in [0, 0.1) is 0 Å². The molecule has 0 saturated carbocycles. The Morgan fingerprint density at radius 2 is 1.00 bits per heavy atom. The van der Waals surface area contributed by atoms with E-state index in [1.165, 1.54) is 0 Å². The zero-order valence-corrected chi connectivity index (χ0v) is 23.5. The van der Waals surface area contributed by atoms with E-state index in [-0.39, 0.29) is 13.2 Å². The van der Waals surface area contributed by atoms with Crippen LogP contribution in [-0.2, 0) is 43.5 Å². The van der Waals surface area contributed by atoms with Gasteiger partial charge in [-0.2, -0.15) is 0 Å². The summed E-state index contributed by atoms with van der Waals surface area (Å²) in [4.78, 5) is 0. The lowest BCUT2D eigenvalue weighted by Crippen LogP contribution is -2.61. The molecule has 0 amide bonds. The normalized spacial score (nSPS) is 23.2. The predicted octanol–water partition coefficient (Wildman–Crippen LogP) is 6.41. The van der Waals surface area contributed by atoms with Crippen molar-refractivity contribution >= 4 is 11.6 Å². The van der Waals surface area contributed by atoms with Gasteiger partial charge in [0.2, 0.25) is 0 Å². The number of aliphatic hydroxyl groups is 1. The molecule has 6 atom stereocenters. The van der Waals surface area contributed by atoms with Gasteiger partial charge in [-0.3, -0.25) is 0 Å². The van der Waals surface area contributed by atoms with E-state index in [0.29, 0.717) is 13.2 Å². The summed E-state index contributed by atoms with van der Waals surface area (Å²) >= 11 is 6.57. The number of ether oxygens (including phenoxy) is 5. The van der Waals surface area contributed by atoms with Gasteiger partial charge in [-0.15, -0.1) is 0 Å². The van der Waals surface area contributed by atoms with Gasteiger partial charge >= 0.3 is 0 Å². The Balaban J connectivity index is 1.38. The molecule has 0 aliphatic carbocycles. The SMILES string of the molecule is OC1O[C@H](COC(Cl)c2ccccc2)[C@@H](OCc2ccccc2)[C@H](OCc2ccccc2)[C@H]1OCc1ccccc1. The fourth-order valence-electron chi connectivity index (χ4n) is 4.78. The van der Waals surface area contributed by atoms with Crippen molar-refractivity contribution < 1.29 is 28.8 Å². The van der Waals surface area contributed by atoms with E-state index in [9.17, 15) is 5.11 Å². The quantitative estimate of drug-likeness (QED) is 0.186. The molecule has 214 valence electrons. The first-order chi connectivity index (χ1) is 20.2. The highest BCUT2D eigenvalue weighted by Gasteiger charge is 2.48. The molecule has 2 unspecified atom stereocenters. The lowest BCUT2D eigenvalue weighted by atomic mass is 9.98. The first kappa shape index (κ1) is 29.4. The third kappa shape index (κ3) is 8.47. The van der Waals surface area contributed by atoms with E-state index >= 15 is 0 Å². The summed E-state index contributed by atoms with van der Waals surface area (Å²) in [5.74, 6) is 0. The number of hydrogen-bond acceptors (Lipinski definition) is 6. The zero-order chi connectivity index (χ0) is 28.3. The van der Waals surface area contributed by atoms with Gasteiger partial charge in [0.25, 0.3) is 0 Å². The minimum absolute atomic E-state index is 0.0795. The van der Waals surface area contributed by atoms with E-state index in [2.05, 4.69) is 0 Å². The Hall–Kier alpha value is -3.07. The summed E-state index contributed by atoms with van der Waals surface area (Å²) in [5, 5.41) is 11.2. The lowest BCUT2D eigenvalue weighted by molar-refractivity contribution is -0.317. The highest BCUT2D eigenvalue weighted by molar-refractivity contribution is 6.19. The molecule has 5 rings (SSSR count). The van der Waals surface area contributed by atoms with Crippen LogP contribution in [0.4, 0.5) is 0 Å². The summed E-state index contributed by atoms with van der Waals surface area (Å²) in [6, 6.07) is 39.1. The van der Waals surface area contributed by atoms with Crippen LogP contribution in [0.25, 0.3) is 0 Å². The van der Waals surface area contributed by atoms with Gasteiger partial charge in [0.1, 0.15) is 24.4 Å². The van der Waals surface area contributed by atoms with E-state index < -0.39 is 36.3 Å². The number of hydrogen-bond donors (Lipinski definition) is 1. The van der Waals surface area contributed by atoms with Crippen LogP contribution in [0.15, 0.2) is 121 Å². The van der Waals surface area contributed by atoms with Crippen molar-refractivity contribution in [2.45, 2.75) is 56.1 Å². The van der Waals surface area contributed by atoms with Crippen LogP contribution in [0.1, 0.15) is 27.8 Å². The maximum atomic E-state index is 11.2. The van der Waals surface area contributed by atoms with E-state index in [0.717, 1.165) is 22.3 Å². The molecule has 7 heteroatoms. The van der Waals surface area contributed by atoms with Crippen LogP contribution in [0.5, 0.6) is 0 Å². The van der Waals surface area contributed by atoms with E-state index in [1.807, 2.05) is 121 Å². The van der Waals surface area contributed by atoms with Gasteiger partial charge in [-0.25, -0.2) is 0 Å². The van der Waals surface area contributed by atoms with Crippen molar-refractivity contribution in [1.82, 2.24) is 0 Å². The molecule has 6 nitrogen and oxygen atoms in total. The summed E-state index contributed by atoms with van der Waals surface area (Å²) in [5.41, 5.74) is 3.11. The van der Waals surface area contributed by atoms with Crippen molar-refractivity contribution in [2.75, 3.05) is 6.61 Å². The number of aliphatic hydroxyl groups excluding tert-OH is 1. The average Bonchev–Trinajstić information content (AvgIpc) is 3.03. The molecule has 0 spiro atoms. The third-order valence-corrected chi connectivity index (χ3v) is 7.31. The van der Waals surface area contributed by atoms with Gasteiger partial charge < -0.3 is 28.8 Å². The number of benzene rings is 4. The molecule has 4 aromatic rings. The second-order valence-electron chi connectivity index (χ2n) is 9.91. The summed E-state index contributed by atoms with van der Waals surface area (Å²) in [6.45, 7) is 0.989. The summed E-state index contributed by atoms with van der Waals surface area (Å²) in [7, 11) is 0. The Morgan fingerprint density at radius 1 is 0.585 bits per heavy atom. The second-order valence-corrected chi connectivity index (χ2v) is 10.3. The highest BCUT2D eigenvalue weighted by Crippen LogP contribution is 2.31. The van der Waals surface area contributed by atoms with Crippen LogP contribution in [0.2, 0.25) is 0 Å². The summed E-state index contributed by atoms with van der Waals surface area (Å²) in [6.07, 6.45) is -4.03. The topological polar surface area (TPSA) is 66.4 Å². The second kappa shape index (κ2) is 15.2. The van der Waals surface area contributed by atoms with E-state index in [1.54, 1.807) is 0 Å². The first-order valence-electron chi connectivity index (χ1n) is 13.8. The minimum atomic E-state index is -1.27. The first-order valence-corrected chi connectivity index (χ1v) is 14.2.